The van der Waals surface area contributed by atoms with E-state index in [-0.39, 0.29) is 0 Å². The second kappa shape index (κ2) is 4.75. The maximum absolute atomic E-state index is 11.9. The lowest BCUT2D eigenvalue weighted by Gasteiger charge is -2.35. The number of anilines is 1. The smallest absolute Gasteiger partial charge is 0.279 e. The molecule has 1 heterocycles. The van der Waals surface area contributed by atoms with E-state index in [2.05, 4.69) is 5.43 Å². The molecule has 0 aliphatic carbocycles. The maximum atomic E-state index is 11.9. The summed E-state index contributed by atoms with van der Waals surface area (Å²) < 4.78 is 0. The van der Waals surface area contributed by atoms with Crippen LogP contribution in [0.4, 0.5) is 10.5 Å². The third kappa shape index (κ3) is 2.07. The van der Waals surface area contributed by atoms with Crippen LogP contribution in [0, 0.1) is 0 Å². The fraction of sp³-hybridized carbons (Fsp3) is 0.182. The van der Waals surface area contributed by atoms with Gasteiger partial charge in [-0.15, -0.1) is 0 Å². The highest BCUT2D eigenvalue weighted by Crippen LogP contribution is 2.17. The van der Waals surface area contributed by atoms with E-state index in [1.54, 1.807) is 30.3 Å². The molecular formula is C11H10ClN3O3. The number of nitrogens with zero attached hydrogens (tertiary/aromatic N) is 2. The van der Waals surface area contributed by atoms with E-state index in [0.29, 0.717) is 5.69 Å². The predicted molar refractivity (Wildman–Crippen MR) is 64.9 cm³/mol. The normalized spacial score (nSPS) is 20.2. The van der Waals surface area contributed by atoms with Gasteiger partial charge in [-0.1, -0.05) is 18.2 Å². The molecule has 1 fully saturated rings. The fourth-order valence-electron chi connectivity index (χ4n) is 1.59. The highest BCUT2D eigenvalue weighted by molar-refractivity contribution is 6.66. The molecule has 0 bridgehead atoms. The highest BCUT2D eigenvalue weighted by Gasteiger charge is 2.40. The van der Waals surface area contributed by atoms with Gasteiger partial charge in [0.2, 0.25) is 5.24 Å². The number of hydrogen-bond acceptors (Lipinski definition) is 4. The molecule has 7 heteroatoms. The minimum absolute atomic E-state index is 0.518. The van der Waals surface area contributed by atoms with Crippen molar-refractivity contribution in [3.05, 3.63) is 30.3 Å². The van der Waals surface area contributed by atoms with Crippen molar-refractivity contribution in [3.8, 4) is 0 Å². The average molecular weight is 268 g/mol. The monoisotopic (exact) mass is 267 g/mol. The van der Waals surface area contributed by atoms with E-state index in [1.165, 1.54) is 7.05 Å². The topological polar surface area (TPSA) is 69.7 Å². The fourth-order valence-corrected chi connectivity index (χ4v) is 1.73. The van der Waals surface area contributed by atoms with Crippen LogP contribution in [0.2, 0.25) is 0 Å². The first-order chi connectivity index (χ1) is 8.52. The largest absolute Gasteiger partial charge is 0.345 e. The van der Waals surface area contributed by atoms with Gasteiger partial charge in [0.1, 0.15) is 0 Å². The van der Waals surface area contributed by atoms with E-state index >= 15 is 0 Å². The van der Waals surface area contributed by atoms with Gasteiger partial charge >= 0.3 is 6.03 Å². The summed E-state index contributed by atoms with van der Waals surface area (Å²) in [7, 11) is 1.30. The Bertz CT molecular complexity index is 506. The summed E-state index contributed by atoms with van der Waals surface area (Å²) in [5.74, 6) is -0.674. The van der Waals surface area contributed by atoms with Crippen molar-refractivity contribution in [2.45, 2.75) is 6.04 Å². The van der Waals surface area contributed by atoms with Crippen LogP contribution >= 0.6 is 11.6 Å². The minimum Gasteiger partial charge on any atom is -0.279 e. The van der Waals surface area contributed by atoms with Crippen LogP contribution in [0.1, 0.15) is 0 Å². The SMILES string of the molecule is CN1C(=O)C(C(=O)Cl)NN(c2ccccc2)C1=O. The lowest BCUT2D eigenvalue weighted by Crippen LogP contribution is -2.66. The Morgan fingerprint density at radius 1 is 1.28 bits per heavy atom. The summed E-state index contributed by atoms with van der Waals surface area (Å²) in [5, 5.41) is 0.257. The number of hydrogen-bond donors (Lipinski definition) is 1. The number of rotatable bonds is 2. The molecule has 0 spiro atoms. The number of carbonyl (C=O) groups is 3. The highest BCUT2D eigenvalue weighted by atomic mass is 35.5. The molecule has 18 heavy (non-hydrogen) atoms. The summed E-state index contributed by atoms with van der Waals surface area (Å²) in [4.78, 5) is 35.6. The van der Waals surface area contributed by atoms with E-state index in [4.69, 9.17) is 11.6 Å². The Hall–Kier alpha value is -1.92. The first-order valence-electron chi connectivity index (χ1n) is 5.14. The maximum Gasteiger partial charge on any atom is 0.345 e. The van der Waals surface area contributed by atoms with Crippen molar-refractivity contribution in [2.75, 3.05) is 12.1 Å². The molecule has 94 valence electrons. The first-order valence-corrected chi connectivity index (χ1v) is 5.52. The van der Waals surface area contributed by atoms with Crippen molar-refractivity contribution in [1.82, 2.24) is 10.3 Å². The summed E-state index contributed by atoms with van der Waals surface area (Å²) in [6.07, 6.45) is 0. The first kappa shape index (κ1) is 12.5. The standard InChI is InChI=1S/C11H10ClN3O3/c1-14-10(17)8(9(12)16)13-15(11(14)18)7-5-3-2-4-6-7/h2-6,8,13H,1H3. The van der Waals surface area contributed by atoms with Gasteiger partial charge in [-0.2, -0.15) is 0 Å². The summed E-state index contributed by atoms with van der Waals surface area (Å²) >= 11 is 5.33. The third-order valence-electron chi connectivity index (χ3n) is 2.56. The van der Waals surface area contributed by atoms with E-state index in [9.17, 15) is 14.4 Å². The van der Waals surface area contributed by atoms with Gasteiger partial charge in [0, 0.05) is 7.05 Å². The van der Waals surface area contributed by atoms with Crippen LogP contribution < -0.4 is 10.4 Å². The Balaban J connectivity index is 2.34. The predicted octanol–water partition coefficient (Wildman–Crippen LogP) is 0.724. The quantitative estimate of drug-likeness (QED) is 0.633. The molecule has 1 aliphatic heterocycles. The number of nitrogens with one attached hydrogen (secondary N) is 1. The van der Waals surface area contributed by atoms with Crippen molar-refractivity contribution >= 4 is 34.5 Å². The molecule has 1 saturated heterocycles. The molecule has 1 atom stereocenters. The molecular weight excluding hydrogens is 258 g/mol. The lowest BCUT2D eigenvalue weighted by atomic mass is 10.2. The molecule has 2 rings (SSSR count). The van der Waals surface area contributed by atoms with E-state index in [0.717, 1.165) is 9.91 Å². The van der Waals surface area contributed by atoms with Crippen molar-refractivity contribution in [1.29, 1.82) is 0 Å². The number of likely N-dealkylation sites (N-methyl/N-ethyl adjacent to an activating group) is 1. The number of benzene rings is 1. The Morgan fingerprint density at radius 3 is 2.44 bits per heavy atom. The van der Waals surface area contributed by atoms with Gasteiger partial charge in [-0.05, 0) is 23.7 Å². The second-order valence-corrected chi connectivity index (χ2v) is 4.09. The number of amides is 3. The molecule has 0 saturated carbocycles. The van der Waals surface area contributed by atoms with E-state index < -0.39 is 23.2 Å². The average Bonchev–Trinajstić information content (AvgIpc) is 2.37. The molecule has 1 aromatic rings. The third-order valence-corrected chi connectivity index (χ3v) is 2.77. The van der Waals surface area contributed by atoms with Crippen LogP contribution in [-0.4, -0.2) is 35.2 Å². The number of halogens is 1. The minimum atomic E-state index is -1.26. The molecule has 1 aromatic carbocycles. The van der Waals surface area contributed by atoms with Crippen molar-refractivity contribution in [3.63, 3.8) is 0 Å². The van der Waals surface area contributed by atoms with Crippen LogP contribution in [-0.2, 0) is 9.59 Å². The van der Waals surface area contributed by atoms with Crippen molar-refractivity contribution < 1.29 is 14.4 Å². The van der Waals surface area contributed by atoms with Crippen LogP contribution in [0.5, 0.6) is 0 Å². The number of carbonyl (C=O) groups excluding carboxylic acids is 3. The molecule has 6 nitrogen and oxygen atoms in total. The van der Waals surface area contributed by atoms with Crippen LogP contribution in [0.15, 0.2) is 30.3 Å². The molecule has 0 aromatic heterocycles. The molecule has 1 aliphatic rings. The molecule has 1 N–H and O–H groups in total. The summed E-state index contributed by atoms with van der Waals surface area (Å²) in [6, 6.07) is 6.78. The van der Waals surface area contributed by atoms with Gasteiger partial charge in [-0.3, -0.25) is 14.5 Å². The second-order valence-electron chi connectivity index (χ2n) is 3.72. The number of hydrazine groups is 1. The van der Waals surface area contributed by atoms with Gasteiger partial charge in [0.25, 0.3) is 5.91 Å². The molecule has 3 amide bonds. The Labute approximate surface area is 108 Å². The number of para-hydroxylation sites is 1. The van der Waals surface area contributed by atoms with Gasteiger partial charge in [0.05, 0.1) is 5.69 Å². The summed E-state index contributed by atoms with van der Waals surface area (Å²) in [6.45, 7) is 0. The zero-order valence-corrected chi connectivity index (χ0v) is 10.2. The van der Waals surface area contributed by atoms with E-state index in [1.807, 2.05) is 0 Å². The summed E-state index contributed by atoms with van der Waals surface area (Å²) in [5.41, 5.74) is 3.03. The number of urea groups is 1. The van der Waals surface area contributed by atoms with Crippen LogP contribution in [0.3, 0.4) is 0 Å². The van der Waals surface area contributed by atoms with Crippen molar-refractivity contribution in [2.24, 2.45) is 0 Å². The molecule has 0 radical (unpaired) electrons. The van der Waals surface area contributed by atoms with Gasteiger partial charge < -0.3 is 0 Å². The van der Waals surface area contributed by atoms with Gasteiger partial charge in [0.15, 0.2) is 6.04 Å². The zero-order valence-electron chi connectivity index (χ0n) is 9.46. The van der Waals surface area contributed by atoms with Gasteiger partial charge in [-0.25, -0.2) is 15.2 Å². The van der Waals surface area contributed by atoms with Crippen LogP contribution in [0.25, 0.3) is 0 Å². The zero-order chi connectivity index (χ0) is 13.3. The number of imide groups is 1. The lowest BCUT2D eigenvalue weighted by molar-refractivity contribution is -0.134. The Kier molecular flexibility index (Phi) is 3.31. The Morgan fingerprint density at radius 2 is 1.89 bits per heavy atom. The molecule has 1 unspecified atom stereocenters.